The van der Waals surface area contributed by atoms with E-state index < -0.39 is 14.6 Å². The molecule has 4 aliphatic rings. The van der Waals surface area contributed by atoms with Crippen LogP contribution in [0.3, 0.4) is 0 Å². The normalized spacial score (nSPS) is 21.2. The Kier molecular flexibility index (Phi) is 16.0. The molecule has 3 aromatic heterocycles. The molecule has 3 atom stereocenters. The topological polar surface area (TPSA) is 188 Å². The minimum Gasteiger partial charge on any atom is -0.492 e. The van der Waals surface area contributed by atoms with Gasteiger partial charge in [0.25, 0.3) is 0 Å². The zero-order chi connectivity index (χ0) is 53.4. The first-order valence-corrected chi connectivity index (χ1v) is 28.0. The van der Waals surface area contributed by atoms with Crippen molar-refractivity contribution in [3.63, 3.8) is 0 Å². The van der Waals surface area contributed by atoms with E-state index in [-0.39, 0.29) is 51.8 Å². The van der Waals surface area contributed by atoms with Crippen molar-refractivity contribution in [1.29, 1.82) is 0 Å². The highest BCUT2D eigenvalue weighted by molar-refractivity contribution is 7.92. The number of aromatic nitrogens is 5. The maximum absolute atomic E-state index is 14.3. The largest absolute Gasteiger partial charge is 0.492 e. The predicted octanol–water partition coefficient (Wildman–Crippen LogP) is 5.32. The molecule has 0 spiro atoms. The molecule has 2 amide bonds. The van der Waals surface area contributed by atoms with E-state index in [1.54, 1.807) is 45.0 Å². The number of rotatable bonds is 16. The van der Waals surface area contributed by atoms with Gasteiger partial charge in [-0.2, -0.15) is 5.10 Å². The molecular weight excluding hydrogens is 974 g/mol. The van der Waals surface area contributed by atoms with Gasteiger partial charge in [-0.1, -0.05) is 26.0 Å². The average molecular weight is 1050 g/mol. The fraction of sp³-hybridized carbons (Fsp3) is 0.564. The van der Waals surface area contributed by atoms with E-state index >= 15 is 0 Å². The number of pyridine rings is 1. The molecule has 3 fully saturated rings. The first kappa shape index (κ1) is 54.2. The van der Waals surface area contributed by atoms with Crippen LogP contribution in [-0.2, 0) is 31.3 Å². The van der Waals surface area contributed by atoms with E-state index in [9.17, 15) is 22.4 Å². The molecule has 5 aromatic rings. The highest BCUT2D eigenvalue weighted by Gasteiger charge is 2.42. The number of ether oxygens (including phenoxy) is 1. The average Bonchev–Trinajstić information content (AvgIpc) is 3.83. The lowest BCUT2D eigenvalue weighted by Gasteiger charge is -2.46. The Hall–Kier alpha value is -5.64. The second kappa shape index (κ2) is 22.1. The molecule has 0 bridgehead atoms. The number of carbonyl (C=O) groups excluding carboxylic acids is 2. The smallest absolute Gasteiger partial charge is 0.241 e. The number of fused-ring (bicyclic) bond motifs is 2. The fourth-order valence-corrected chi connectivity index (χ4v) is 12.2. The third-order valence-corrected chi connectivity index (χ3v) is 18.2. The van der Waals surface area contributed by atoms with Gasteiger partial charge in [0.1, 0.15) is 34.4 Å². The van der Waals surface area contributed by atoms with Gasteiger partial charge in [0.2, 0.25) is 11.8 Å². The summed E-state index contributed by atoms with van der Waals surface area (Å²) in [6.45, 7) is 27.5. The Labute approximate surface area is 441 Å². The number of nitrogens with zero attached hydrogens (tertiary/aromatic N) is 10. The van der Waals surface area contributed by atoms with Crippen LogP contribution in [0.1, 0.15) is 83.0 Å². The summed E-state index contributed by atoms with van der Waals surface area (Å²) < 4.78 is 46.8. The number of hydrogen-bond donors (Lipinski definition) is 3. The fourth-order valence-electron chi connectivity index (χ4n) is 10.8. The molecule has 404 valence electrons. The number of amides is 2. The van der Waals surface area contributed by atoms with Crippen LogP contribution in [0.4, 0.5) is 21.7 Å². The Bertz CT molecular complexity index is 2970. The third-order valence-electron chi connectivity index (χ3n) is 15.7. The number of nitrogens with one attached hydrogen (secondary N) is 3. The highest BCUT2D eigenvalue weighted by Crippen LogP contribution is 2.41. The van der Waals surface area contributed by atoms with Gasteiger partial charge in [-0.25, -0.2) is 22.8 Å². The minimum absolute atomic E-state index is 0.0677. The molecular formula is C55H76FN13O5S. The van der Waals surface area contributed by atoms with Gasteiger partial charge in [-0.05, 0) is 96.7 Å². The van der Waals surface area contributed by atoms with Crippen LogP contribution >= 0.6 is 0 Å². The molecule has 3 saturated heterocycles. The Morgan fingerprint density at radius 1 is 0.893 bits per heavy atom. The van der Waals surface area contributed by atoms with Crippen LogP contribution in [0.15, 0.2) is 59.9 Å². The van der Waals surface area contributed by atoms with E-state index in [4.69, 9.17) is 9.72 Å². The molecule has 3 N–H and O–H groups in total. The van der Waals surface area contributed by atoms with E-state index in [1.807, 2.05) is 29.8 Å². The Balaban J connectivity index is 0.736. The summed E-state index contributed by atoms with van der Waals surface area (Å²) >= 11 is 0. The van der Waals surface area contributed by atoms with Gasteiger partial charge >= 0.3 is 0 Å². The molecule has 18 nitrogen and oxygen atoms in total. The van der Waals surface area contributed by atoms with Gasteiger partial charge in [0.15, 0.2) is 9.84 Å². The molecule has 75 heavy (non-hydrogen) atoms. The first-order chi connectivity index (χ1) is 35.6. The van der Waals surface area contributed by atoms with Gasteiger partial charge < -0.3 is 30.1 Å². The van der Waals surface area contributed by atoms with E-state index in [0.717, 1.165) is 92.7 Å². The molecule has 0 aliphatic carbocycles. The van der Waals surface area contributed by atoms with Crippen LogP contribution < -0.4 is 20.3 Å². The highest BCUT2D eigenvalue weighted by atomic mass is 32.2. The molecule has 1 unspecified atom stereocenters. The second-order valence-corrected chi connectivity index (χ2v) is 25.5. The van der Waals surface area contributed by atoms with Crippen molar-refractivity contribution in [2.24, 2.45) is 0 Å². The van der Waals surface area contributed by atoms with Crippen LogP contribution in [0.5, 0.6) is 5.75 Å². The number of halogens is 1. The SMILES string of the molecule is Cc1n[nH]c(Nc2ncnc3cc(OCCCN4CCN(CC(=O)N5CCN(C[C@H]6CN[C@H](C)CN6CC(=O)N6CC(C)(C)c7ncc(Cc8ccc(F)cc8)cc76)C(C)C5)CC4)c(S(=O)(=O)C(C)(C)C)cc23)c1C. The zero-order valence-electron chi connectivity index (χ0n) is 45.2. The van der Waals surface area contributed by atoms with Crippen molar-refractivity contribution in [3.05, 3.63) is 88.9 Å². The van der Waals surface area contributed by atoms with Gasteiger partial charge in [-0.3, -0.25) is 34.4 Å². The van der Waals surface area contributed by atoms with E-state index in [2.05, 4.69) is 84.2 Å². The van der Waals surface area contributed by atoms with Crippen LogP contribution in [0.2, 0.25) is 0 Å². The van der Waals surface area contributed by atoms with Crippen molar-refractivity contribution in [2.75, 3.05) is 108 Å². The lowest BCUT2D eigenvalue weighted by atomic mass is 9.91. The Morgan fingerprint density at radius 2 is 1.64 bits per heavy atom. The minimum atomic E-state index is -3.81. The number of aryl methyl sites for hydroxylation is 1. The summed E-state index contributed by atoms with van der Waals surface area (Å²) in [5.41, 5.74) is 5.81. The maximum atomic E-state index is 14.3. The molecule has 20 heteroatoms. The van der Waals surface area contributed by atoms with E-state index in [1.165, 1.54) is 18.5 Å². The molecule has 2 aromatic carbocycles. The van der Waals surface area contributed by atoms with Crippen LogP contribution in [0.25, 0.3) is 10.9 Å². The zero-order valence-corrected chi connectivity index (χ0v) is 46.1. The van der Waals surface area contributed by atoms with Crippen molar-refractivity contribution >= 4 is 49.9 Å². The standard InChI is InChI=1S/C55H76FN13O5S/c1-36-29-68(33-50(71)69-34-55(8,9)51-46(69)24-41(27-58-51)23-40-11-13-42(56)14-12-40)43(28-57-36)31-66-20-21-67(30-37(66)2)49(70)32-65-18-16-64(17-19-65)15-10-22-74-47-26-45-44(25-48(47)75(72,73)54(5,6)7)53(60-35-59-45)61-52-38(3)39(4)62-63-52/h11-14,24-27,35-37,43,57H,10,15-23,28-34H2,1-9H3,(H2,59,60,61,62,63)/t36-,37?,43-/m1/s1. The van der Waals surface area contributed by atoms with Crippen molar-refractivity contribution < 1.29 is 27.1 Å². The third kappa shape index (κ3) is 12.2. The molecule has 0 radical (unpaired) electrons. The van der Waals surface area contributed by atoms with Crippen LogP contribution in [0, 0.1) is 19.7 Å². The van der Waals surface area contributed by atoms with Crippen LogP contribution in [-0.4, -0.2) is 191 Å². The summed E-state index contributed by atoms with van der Waals surface area (Å²) in [5.74, 6) is 1.37. The van der Waals surface area contributed by atoms with Crippen molar-refractivity contribution in [3.8, 4) is 5.75 Å². The lowest BCUT2D eigenvalue weighted by Crippen LogP contribution is -2.63. The first-order valence-electron chi connectivity index (χ1n) is 26.6. The van der Waals surface area contributed by atoms with E-state index in [0.29, 0.717) is 74.7 Å². The monoisotopic (exact) mass is 1050 g/mol. The van der Waals surface area contributed by atoms with Gasteiger partial charge in [0.05, 0.1) is 47.0 Å². The number of benzene rings is 2. The maximum Gasteiger partial charge on any atom is 0.241 e. The number of anilines is 3. The summed E-state index contributed by atoms with van der Waals surface area (Å²) in [5, 5.41) is 14.7. The summed E-state index contributed by atoms with van der Waals surface area (Å²) in [4.78, 5) is 55.4. The molecule has 7 heterocycles. The molecule has 9 rings (SSSR count). The summed E-state index contributed by atoms with van der Waals surface area (Å²) in [6.07, 6.45) is 4.63. The number of hydrogen-bond acceptors (Lipinski definition) is 15. The predicted molar refractivity (Wildman–Crippen MR) is 290 cm³/mol. The quantitative estimate of drug-likeness (QED) is 0.108. The summed E-state index contributed by atoms with van der Waals surface area (Å²) in [6, 6.07) is 12.5. The van der Waals surface area contributed by atoms with Crippen molar-refractivity contribution in [2.45, 2.75) is 108 Å². The Morgan fingerprint density at radius 3 is 2.35 bits per heavy atom. The number of H-pyrrole nitrogens is 1. The number of aromatic amines is 1. The second-order valence-electron chi connectivity index (χ2n) is 22.9. The van der Waals surface area contributed by atoms with Crippen molar-refractivity contribution in [1.82, 2.24) is 55.0 Å². The number of piperazine rings is 3. The number of sulfone groups is 1. The van der Waals surface area contributed by atoms with Gasteiger partial charge in [0, 0.05) is 125 Å². The number of carbonyl (C=O) groups is 2. The molecule has 0 saturated carbocycles. The van der Waals surface area contributed by atoms with Gasteiger partial charge in [-0.15, -0.1) is 0 Å². The summed E-state index contributed by atoms with van der Waals surface area (Å²) in [7, 11) is -3.81. The lowest BCUT2D eigenvalue weighted by molar-refractivity contribution is -0.136. The molecule has 4 aliphatic heterocycles.